The first kappa shape index (κ1) is 19.2. The van der Waals surface area contributed by atoms with E-state index in [2.05, 4.69) is 25.7 Å². The van der Waals surface area contributed by atoms with Crippen molar-refractivity contribution in [1.82, 2.24) is 14.9 Å². The maximum Gasteiger partial charge on any atom is 0.254 e. The summed E-state index contributed by atoms with van der Waals surface area (Å²) in [5, 5.41) is 1.75. The summed E-state index contributed by atoms with van der Waals surface area (Å²) in [6, 6.07) is 7.15. The van der Waals surface area contributed by atoms with E-state index in [1.807, 2.05) is 17.0 Å². The molecule has 0 aliphatic carbocycles. The number of aryl methyl sites for hydroxylation is 3. The molecule has 28 heavy (non-hydrogen) atoms. The lowest BCUT2D eigenvalue weighted by atomic mass is 10.1. The van der Waals surface area contributed by atoms with Crippen LogP contribution in [0.15, 0.2) is 24.3 Å². The molecule has 146 valence electrons. The van der Waals surface area contributed by atoms with Crippen molar-refractivity contribution in [2.24, 2.45) is 0 Å². The quantitative estimate of drug-likeness (QED) is 0.633. The number of amides is 1. The van der Waals surface area contributed by atoms with Crippen LogP contribution in [0.2, 0.25) is 5.02 Å². The van der Waals surface area contributed by atoms with Crippen LogP contribution in [0.5, 0.6) is 0 Å². The number of thiophene rings is 1. The Bertz CT molecular complexity index is 1040. The molecule has 0 unspecified atom stereocenters. The third-order valence-electron chi connectivity index (χ3n) is 5.31. The molecule has 3 aromatic rings. The van der Waals surface area contributed by atoms with Gasteiger partial charge in [0, 0.05) is 48.1 Å². The first-order valence-electron chi connectivity index (χ1n) is 9.54. The van der Waals surface area contributed by atoms with E-state index in [-0.39, 0.29) is 5.91 Å². The molecule has 1 fully saturated rings. The fourth-order valence-corrected chi connectivity index (χ4v) is 4.82. The van der Waals surface area contributed by atoms with Crippen LogP contribution in [0.4, 0.5) is 5.82 Å². The summed E-state index contributed by atoms with van der Waals surface area (Å²) < 4.78 is 0. The summed E-state index contributed by atoms with van der Waals surface area (Å²) in [5.74, 6) is 1.92. The lowest BCUT2D eigenvalue weighted by Gasteiger charge is -2.36. The van der Waals surface area contributed by atoms with Gasteiger partial charge in [0.2, 0.25) is 0 Å². The largest absolute Gasteiger partial charge is 0.352 e. The Morgan fingerprint density at radius 1 is 1.18 bits per heavy atom. The number of rotatable bonds is 3. The van der Waals surface area contributed by atoms with E-state index in [4.69, 9.17) is 21.6 Å². The van der Waals surface area contributed by atoms with Gasteiger partial charge < -0.3 is 9.80 Å². The fraction of sp³-hybridized carbons (Fsp3) is 0.381. The van der Waals surface area contributed by atoms with E-state index < -0.39 is 0 Å². The van der Waals surface area contributed by atoms with Crippen molar-refractivity contribution in [3.63, 3.8) is 0 Å². The van der Waals surface area contributed by atoms with E-state index >= 15 is 0 Å². The normalized spacial score (nSPS) is 14.7. The van der Waals surface area contributed by atoms with E-state index in [1.165, 1.54) is 10.4 Å². The molecule has 2 aromatic heterocycles. The number of carbonyl (C=O) groups is 1. The Balaban J connectivity index is 1.58. The van der Waals surface area contributed by atoms with Crippen molar-refractivity contribution in [3.05, 3.63) is 51.1 Å². The van der Waals surface area contributed by atoms with Crippen LogP contribution in [0.3, 0.4) is 0 Å². The first-order chi connectivity index (χ1) is 13.5. The average Bonchev–Trinajstić information content (AvgIpc) is 3.00. The number of aromatic nitrogens is 2. The number of halogens is 1. The van der Waals surface area contributed by atoms with Crippen LogP contribution in [-0.2, 0) is 6.42 Å². The number of piperazine rings is 1. The van der Waals surface area contributed by atoms with Gasteiger partial charge >= 0.3 is 0 Å². The molecule has 0 spiro atoms. The van der Waals surface area contributed by atoms with Crippen molar-refractivity contribution in [3.8, 4) is 0 Å². The minimum absolute atomic E-state index is 0.0341. The van der Waals surface area contributed by atoms with Crippen molar-refractivity contribution >= 4 is 44.9 Å². The van der Waals surface area contributed by atoms with Crippen molar-refractivity contribution in [1.29, 1.82) is 0 Å². The van der Waals surface area contributed by atoms with Crippen LogP contribution in [0.1, 0.15) is 33.5 Å². The smallest absolute Gasteiger partial charge is 0.254 e. The minimum atomic E-state index is 0.0341. The molecule has 0 bridgehead atoms. The SMILES string of the molecule is CCc1nc(N2CCN(C(=O)c3cccc(Cl)c3)CC2)c2c(C)c(C)sc2n1. The molecule has 4 rings (SSSR count). The lowest BCUT2D eigenvalue weighted by Crippen LogP contribution is -2.49. The molecule has 1 amide bonds. The van der Waals surface area contributed by atoms with Crippen LogP contribution < -0.4 is 4.90 Å². The van der Waals surface area contributed by atoms with Crippen molar-refractivity contribution < 1.29 is 4.79 Å². The molecule has 1 aromatic carbocycles. The minimum Gasteiger partial charge on any atom is -0.352 e. The Morgan fingerprint density at radius 2 is 1.93 bits per heavy atom. The Hall–Kier alpha value is -2.18. The summed E-state index contributed by atoms with van der Waals surface area (Å²) in [6.07, 6.45) is 0.812. The molecule has 5 nitrogen and oxygen atoms in total. The number of hydrogen-bond acceptors (Lipinski definition) is 5. The standard InChI is InChI=1S/C21H23ClN4OS/c1-4-17-23-19(18-13(2)14(3)28-20(18)24-17)25-8-10-26(11-9-25)21(27)15-6-5-7-16(22)12-15/h5-7,12H,4,8-11H2,1-3H3. The number of nitrogens with zero attached hydrogens (tertiary/aromatic N) is 4. The Kier molecular flexibility index (Phi) is 5.25. The lowest BCUT2D eigenvalue weighted by molar-refractivity contribution is 0.0746. The molecule has 0 N–H and O–H groups in total. The van der Waals surface area contributed by atoms with Gasteiger partial charge in [-0.3, -0.25) is 4.79 Å². The van der Waals surface area contributed by atoms with Gasteiger partial charge in [0.1, 0.15) is 16.5 Å². The highest BCUT2D eigenvalue weighted by Gasteiger charge is 2.26. The molecule has 1 aliphatic rings. The maximum atomic E-state index is 12.8. The van der Waals surface area contributed by atoms with Gasteiger partial charge in [-0.15, -0.1) is 11.3 Å². The van der Waals surface area contributed by atoms with Gasteiger partial charge in [-0.25, -0.2) is 9.97 Å². The van der Waals surface area contributed by atoms with E-state index in [1.54, 1.807) is 23.5 Å². The number of carbonyl (C=O) groups excluding carboxylic acids is 1. The van der Waals surface area contributed by atoms with Gasteiger partial charge in [-0.1, -0.05) is 24.6 Å². The van der Waals surface area contributed by atoms with E-state index in [0.29, 0.717) is 23.7 Å². The summed E-state index contributed by atoms with van der Waals surface area (Å²) in [4.78, 5) is 28.9. The van der Waals surface area contributed by atoms with Gasteiger partial charge in [0.05, 0.1) is 5.39 Å². The summed E-state index contributed by atoms with van der Waals surface area (Å²) >= 11 is 7.78. The molecule has 3 heterocycles. The number of hydrogen-bond donors (Lipinski definition) is 0. The summed E-state index contributed by atoms with van der Waals surface area (Å²) in [5.41, 5.74) is 1.90. The van der Waals surface area contributed by atoms with Gasteiger partial charge in [-0.2, -0.15) is 0 Å². The molecular weight excluding hydrogens is 392 g/mol. The zero-order valence-corrected chi connectivity index (χ0v) is 17.9. The zero-order chi connectivity index (χ0) is 19.8. The molecule has 1 aliphatic heterocycles. The second-order valence-corrected chi connectivity index (χ2v) is 8.71. The molecular formula is C21H23ClN4OS. The topological polar surface area (TPSA) is 49.3 Å². The first-order valence-corrected chi connectivity index (χ1v) is 10.7. The zero-order valence-electron chi connectivity index (χ0n) is 16.3. The molecule has 0 radical (unpaired) electrons. The third kappa shape index (κ3) is 3.47. The maximum absolute atomic E-state index is 12.8. The third-order valence-corrected chi connectivity index (χ3v) is 6.65. The Labute approximate surface area is 174 Å². The average molecular weight is 415 g/mol. The second kappa shape index (κ2) is 7.68. The van der Waals surface area contributed by atoms with Crippen LogP contribution >= 0.6 is 22.9 Å². The van der Waals surface area contributed by atoms with Crippen molar-refractivity contribution in [2.75, 3.05) is 31.1 Å². The van der Waals surface area contributed by atoms with Crippen LogP contribution in [0, 0.1) is 13.8 Å². The van der Waals surface area contributed by atoms with Gasteiger partial charge in [0.25, 0.3) is 5.91 Å². The molecule has 0 atom stereocenters. The highest BCUT2D eigenvalue weighted by atomic mass is 35.5. The van der Waals surface area contributed by atoms with E-state index in [0.717, 1.165) is 41.4 Å². The fourth-order valence-electron chi connectivity index (χ4n) is 3.58. The predicted molar refractivity (Wildman–Crippen MR) is 116 cm³/mol. The summed E-state index contributed by atoms with van der Waals surface area (Å²) in [7, 11) is 0. The predicted octanol–water partition coefficient (Wildman–Crippen LogP) is 4.49. The monoisotopic (exact) mass is 414 g/mol. The molecule has 0 saturated carbocycles. The van der Waals surface area contributed by atoms with Gasteiger partial charge in [-0.05, 0) is 37.6 Å². The molecule has 7 heteroatoms. The Morgan fingerprint density at radius 3 is 2.61 bits per heavy atom. The number of anilines is 1. The number of fused-ring (bicyclic) bond motifs is 1. The van der Waals surface area contributed by atoms with Crippen LogP contribution in [0.25, 0.3) is 10.2 Å². The van der Waals surface area contributed by atoms with Crippen LogP contribution in [-0.4, -0.2) is 47.0 Å². The molecule has 1 saturated heterocycles. The van der Waals surface area contributed by atoms with E-state index in [9.17, 15) is 4.79 Å². The van der Waals surface area contributed by atoms with Crippen molar-refractivity contribution in [2.45, 2.75) is 27.2 Å². The number of benzene rings is 1. The van der Waals surface area contributed by atoms with Gasteiger partial charge in [0.15, 0.2) is 0 Å². The highest BCUT2D eigenvalue weighted by molar-refractivity contribution is 7.18. The highest BCUT2D eigenvalue weighted by Crippen LogP contribution is 2.35. The summed E-state index contributed by atoms with van der Waals surface area (Å²) in [6.45, 7) is 9.22. The second-order valence-electron chi connectivity index (χ2n) is 7.07.